The normalized spacial score (nSPS) is 21.0. The highest BCUT2D eigenvalue weighted by molar-refractivity contribution is 8.00. The highest BCUT2D eigenvalue weighted by Gasteiger charge is 2.40. The molecule has 3 heterocycles. The number of ether oxygens (including phenoxy) is 1. The van der Waals surface area contributed by atoms with Gasteiger partial charge in [0, 0.05) is 18.7 Å². The number of nitrogens with zero attached hydrogens (tertiary/aromatic N) is 4. The second kappa shape index (κ2) is 8.12. The summed E-state index contributed by atoms with van der Waals surface area (Å²) in [6, 6.07) is 18.1. The summed E-state index contributed by atoms with van der Waals surface area (Å²) in [7, 11) is 0. The highest BCUT2D eigenvalue weighted by atomic mass is 32.2. The fraction of sp³-hybridized carbons (Fsp3) is 0.318. The molecule has 3 aromatic rings. The van der Waals surface area contributed by atoms with Crippen LogP contribution in [0.2, 0.25) is 0 Å². The molecule has 0 bridgehead atoms. The number of aromatic nitrogens is 3. The van der Waals surface area contributed by atoms with Gasteiger partial charge in [-0.2, -0.15) is 0 Å². The van der Waals surface area contributed by atoms with Gasteiger partial charge >= 0.3 is 0 Å². The van der Waals surface area contributed by atoms with Crippen LogP contribution in [0.5, 0.6) is 0 Å². The summed E-state index contributed by atoms with van der Waals surface area (Å²) in [5.74, 6) is 0.851. The number of carbonyl (C=O) groups is 1. The SMILES string of the molecule is Cc1ccc([C@@H]2Nn3c(nnc3-c3ccccc3)S[C@H]2C(=O)N2CCOCC2)cc1. The van der Waals surface area contributed by atoms with Crippen molar-refractivity contribution in [2.75, 3.05) is 31.7 Å². The maximum absolute atomic E-state index is 13.4. The molecular weight excluding hydrogens is 398 g/mol. The molecule has 1 amide bonds. The first-order valence-electron chi connectivity index (χ1n) is 10.1. The van der Waals surface area contributed by atoms with E-state index in [9.17, 15) is 4.79 Å². The van der Waals surface area contributed by atoms with Crippen LogP contribution in [-0.4, -0.2) is 57.2 Å². The lowest BCUT2D eigenvalue weighted by Gasteiger charge is -2.37. The molecule has 7 nitrogen and oxygen atoms in total. The lowest BCUT2D eigenvalue weighted by atomic mass is 10.0. The number of carbonyl (C=O) groups excluding carboxylic acids is 1. The molecule has 0 spiro atoms. The average Bonchev–Trinajstić information content (AvgIpc) is 3.22. The Balaban J connectivity index is 1.53. The van der Waals surface area contributed by atoms with Gasteiger partial charge in [0.2, 0.25) is 11.1 Å². The molecule has 1 fully saturated rings. The van der Waals surface area contributed by atoms with E-state index < -0.39 is 0 Å². The van der Waals surface area contributed by atoms with Crippen molar-refractivity contribution in [3.63, 3.8) is 0 Å². The van der Waals surface area contributed by atoms with Gasteiger partial charge < -0.3 is 15.1 Å². The summed E-state index contributed by atoms with van der Waals surface area (Å²) in [5.41, 5.74) is 6.77. The molecule has 0 radical (unpaired) electrons. The van der Waals surface area contributed by atoms with Crippen molar-refractivity contribution >= 4 is 17.7 Å². The maximum Gasteiger partial charge on any atom is 0.238 e. The van der Waals surface area contributed by atoms with Crippen molar-refractivity contribution < 1.29 is 9.53 Å². The zero-order chi connectivity index (χ0) is 20.5. The largest absolute Gasteiger partial charge is 0.378 e. The Hall–Kier alpha value is -2.84. The number of hydrogen-bond acceptors (Lipinski definition) is 6. The van der Waals surface area contributed by atoms with E-state index in [2.05, 4.69) is 46.8 Å². The molecule has 8 heteroatoms. The third kappa shape index (κ3) is 3.57. The summed E-state index contributed by atoms with van der Waals surface area (Å²) in [6.45, 7) is 4.48. The fourth-order valence-electron chi connectivity index (χ4n) is 3.81. The van der Waals surface area contributed by atoms with Crippen LogP contribution in [0.15, 0.2) is 59.8 Å². The van der Waals surface area contributed by atoms with Crippen molar-refractivity contribution in [2.24, 2.45) is 0 Å². The van der Waals surface area contributed by atoms with Gasteiger partial charge in [-0.25, -0.2) is 4.68 Å². The number of morpholine rings is 1. The van der Waals surface area contributed by atoms with Crippen LogP contribution in [0.1, 0.15) is 17.2 Å². The molecular formula is C22H23N5O2S. The predicted octanol–water partition coefficient (Wildman–Crippen LogP) is 2.87. The van der Waals surface area contributed by atoms with E-state index in [1.807, 2.05) is 39.9 Å². The average molecular weight is 422 g/mol. The van der Waals surface area contributed by atoms with E-state index in [4.69, 9.17) is 4.74 Å². The van der Waals surface area contributed by atoms with Crippen molar-refractivity contribution in [1.82, 2.24) is 19.8 Å². The van der Waals surface area contributed by atoms with Crippen molar-refractivity contribution in [3.8, 4) is 11.4 Å². The van der Waals surface area contributed by atoms with Crippen LogP contribution in [0.25, 0.3) is 11.4 Å². The topological polar surface area (TPSA) is 72.3 Å². The predicted molar refractivity (Wildman–Crippen MR) is 116 cm³/mol. The summed E-state index contributed by atoms with van der Waals surface area (Å²) in [5, 5.41) is 9.14. The number of aryl methyl sites for hydroxylation is 1. The molecule has 0 unspecified atom stereocenters. The molecule has 2 aliphatic heterocycles. The number of nitrogens with one attached hydrogen (secondary N) is 1. The first-order chi connectivity index (χ1) is 14.7. The van der Waals surface area contributed by atoms with Gasteiger partial charge in [-0.15, -0.1) is 10.2 Å². The van der Waals surface area contributed by atoms with Gasteiger partial charge in [-0.3, -0.25) is 4.79 Å². The second-order valence-electron chi connectivity index (χ2n) is 7.50. The van der Waals surface area contributed by atoms with Gasteiger partial charge in [0.05, 0.1) is 19.3 Å². The van der Waals surface area contributed by atoms with Crippen LogP contribution in [0, 0.1) is 6.92 Å². The molecule has 0 saturated carbocycles. The lowest BCUT2D eigenvalue weighted by Crippen LogP contribution is -2.49. The quantitative estimate of drug-likeness (QED) is 0.701. The summed E-state index contributed by atoms with van der Waals surface area (Å²) in [6.07, 6.45) is 0. The number of hydrogen-bond donors (Lipinski definition) is 1. The van der Waals surface area contributed by atoms with Crippen LogP contribution in [-0.2, 0) is 9.53 Å². The minimum atomic E-state index is -0.328. The van der Waals surface area contributed by atoms with Gasteiger partial charge in [0.1, 0.15) is 5.25 Å². The highest BCUT2D eigenvalue weighted by Crippen LogP contribution is 2.39. The molecule has 2 aromatic carbocycles. The maximum atomic E-state index is 13.4. The van der Waals surface area contributed by atoms with E-state index >= 15 is 0 Å². The molecule has 1 saturated heterocycles. The van der Waals surface area contributed by atoms with Crippen molar-refractivity contribution in [2.45, 2.75) is 23.4 Å². The molecule has 2 atom stereocenters. The Kier molecular flexibility index (Phi) is 5.18. The van der Waals surface area contributed by atoms with E-state index in [0.717, 1.165) is 17.0 Å². The Morgan fingerprint density at radius 3 is 2.53 bits per heavy atom. The Morgan fingerprint density at radius 2 is 1.80 bits per heavy atom. The minimum Gasteiger partial charge on any atom is -0.378 e. The van der Waals surface area contributed by atoms with Gasteiger partial charge in [0.15, 0.2) is 5.82 Å². The number of thioether (sulfide) groups is 1. The molecule has 0 aliphatic carbocycles. The molecule has 2 aliphatic rings. The fourth-order valence-corrected chi connectivity index (χ4v) is 4.97. The lowest BCUT2D eigenvalue weighted by molar-refractivity contribution is -0.135. The molecule has 1 aromatic heterocycles. The number of rotatable bonds is 3. The van der Waals surface area contributed by atoms with Gasteiger partial charge in [-0.05, 0) is 12.5 Å². The van der Waals surface area contributed by atoms with Crippen LogP contribution < -0.4 is 5.43 Å². The molecule has 5 rings (SSSR count). The summed E-state index contributed by atoms with van der Waals surface area (Å²) >= 11 is 1.48. The Bertz CT molecular complexity index is 1030. The Morgan fingerprint density at radius 1 is 1.07 bits per heavy atom. The molecule has 1 N–H and O–H groups in total. The van der Waals surface area contributed by atoms with E-state index in [1.165, 1.54) is 17.3 Å². The standard InChI is InChI=1S/C22H23N5O2S/c1-15-7-9-16(10-8-15)18-19(21(28)26-11-13-29-14-12-26)30-22-24-23-20(27(22)25-18)17-5-3-2-4-6-17/h2-10,18-19,25H,11-14H2,1H3/t18-,19+/m0/s1. The molecule has 30 heavy (non-hydrogen) atoms. The van der Waals surface area contributed by atoms with Crippen LogP contribution >= 0.6 is 11.8 Å². The third-order valence-corrected chi connectivity index (χ3v) is 6.67. The van der Waals surface area contributed by atoms with E-state index in [0.29, 0.717) is 31.5 Å². The van der Waals surface area contributed by atoms with Crippen molar-refractivity contribution in [3.05, 3.63) is 65.7 Å². The van der Waals surface area contributed by atoms with E-state index in [-0.39, 0.29) is 17.2 Å². The Labute approximate surface area is 179 Å². The van der Waals surface area contributed by atoms with E-state index in [1.54, 1.807) is 0 Å². The first kappa shape index (κ1) is 19.1. The van der Waals surface area contributed by atoms with Crippen LogP contribution in [0.3, 0.4) is 0 Å². The first-order valence-corrected chi connectivity index (χ1v) is 11.0. The molecule has 154 valence electrons. The monoisotopic (exact) mass is 421 g/mol. The number of benzene rings is 2. The number of fused-ring (bicyclic) bond motifs is 1. The minimum absolute atomic E-state index is 0.108. The number of amides is 1. The van der Waals surface area contributed by atoms with Gasteiger partial charge in [0.25, 0.3) is 0 Å². The smallest absolute Gasteiger partial charge is 0.238 e. The van der Waals surface area contributed by atoms with Crippen LogP contribution in [0.4, 0.5) is 0 Å². The zero-order valence-electron chi connectivity index (χ0n) is 16.7. The zero-order valence-corrected chi connectivity index (χ0v) is 17.5. The summed E-state index contributed by atoms with van der Waals surface area (Å²) < 4.78 is 7.34. The van der Waals surface area contributed by atoms with Crippen molar-refractivity contribution in [1.29, 1.82) is 0 Å². The van der Waals surface area contributed by atoms with Gasteiger partial charge in [-0.1, -0.05) is 71.9 Å². The summed E-state index contributed by atoms with van der Waals surface area (Å²) in [4.78, 5) is 15.3. The third-order valence-electron chi connectivity index (χ3n) is 5.47. The second-order valence-corrected chi connectivity index (χ2v) is 8.61.